The first kappa shape index (κ1) is 20.2. The molecular formula is C18H21N3O6S. The summed E-state index contributed by atoms with van der Waals surface area (Å²) in [5.41, 5.74) is 7.32. The van der Waals surface area contributed by atoms with Crippen molar-refractivity contribution in [1.82, 2.24) is 10.2 Å². The van der Waals surface area contributed by atoms with E-state index in [1.54, 1.807) is 0 Å². The fourth-order valence-electron chi connectivity index (χ4n) is 2.84. The molecule has 2 aliphatic heterocycles. The van der Waals surface area contributed by atoms with Gasteiger partial charge in [0.15, 0.2) is 6.79 Å². The first-order valence-corrected chi connectivity index (χ1v) is 9.60. The van der Waals surface area contributed by atoms with E-state index in [2.05, 4.69) is 5.32 Å². The lowest BCUT2D eigenvalue weighted by Crippen LogP contribution is -2.68. The molecule has 0 bridgehead atoms. The number of β-lactam (4-membered cyclic amide) rings is 1. The largest absolute Gasteiger partial charge is 0.445 e. The van der Waals surface area contributed by atoms with Crippen molar-refractivity contribution in [3.63, 3.8) is 0 Å². The summed E-state index contributed by atoms with van der Waals surface area (Å²) in [5, 5.41) is 2.29. The van der Waals surface area contributed by atoms with Crippen molar-refractivity contribution in [3.8, 4) is 0 Å². The normalized spacial score (nSPS) is 20.9. The van der Waals surface area contributed by atoms with E-state index in [9.17, 15) is 14.4 Å². The van der Waals surface area contributed by atoms with Crippen LogP contribution >= 0.6 is 11.8 Å². The Balaban J connectivity index is 1.64. The fraction of sp³-hybridized carbons (Fsp3) is 0.389. The zero-order valence-electron chi connectivity index (χ0n) is 15.3. The number of carbonyl (C=O) groups excluding carboxylic acids is 3. The number of esters is 1. The summed E-state index contributed by atoms with van der Waals surface area (Å²) in [7, 11) is 1.39. The molecule has 1 aromatic rings. The molecule has 1 unspecified atom stereocenters. The van der Waals surface area contributed by atoms with Gasteiger partial charge in [0.25, 0.3) is 0 Å². The minimum Gasteiger partial charge on any atom is -0.445 e. The van der Waals surface area contributed by atoms with Gasteiger partial charge in [-0.3, -0.25) is 9.69 Å². The topological polar surface area (TPSA) is 120 Å². The lowest BCUT2D eigenvalue weighted by atomic mass is 10.0. The molecule has 1 fully saturated rings. The number of ether oxygens (including phenoxy) is 3. The maximum atomic E-state index is 12.4. The highest BCUT2D eigenvalue weighted by molar-refractivity contribution is 8.00. The van der Waals surface area contributed by atoms with Crippen molar-refractivity contribution in [2.45, 2.75) is 18.0 Å². The van der Waals surface area contributed by atoms with Crippen LogP contribution in [0.2, 0.25) is 0 Å². The van der Waals surface area contributed by atoms with Crippen LogP contribution in [0.3, 0.4) is 0 Å². The van der Waals surface area contributed by atoms with E-state index in [0.717, 1.165) is 5.56 Å². The first-order chi connectivity index (χ1) is 13.5. The maximum absolute atomic E-state index is 12.4. The highest BCUT2D eigenvalue weighted by Gasteiger charge is 2.52. The van der Waals surface area contributed by atoms with Crippen molar-refractivity contribution in [3.05, 3.63) is 47.2 Å². The van der Waals surface area contributed by atoms with Gasteiger partial charge < -0.3 is 25.3 Å². The van der Waals surface area contributed by atoms with Crippen LogP contribution < -0.4 is 11.1 Å². The quantitative estimate of drug-likeness (QED) is 0.382. The number of nitrogens with two attached hydrogens (primary N) is 1. The highest BCUT2D eigenvalue weighted by atomic mass is 32.2. The molecule has 28 heavy (non-hydrogen) atoms. The van der Waals surface area contributed by atoms with Crippen LogP contribution in [0.25, 0.3) is 0 Å². The molecule has 1 saturated heterocycles. The molecule has 2 amide bonds. The van der Waals surface area contributed by atoms with Gasteiger partial charge in [0.2, 0.25) is 5.91 Å². The molecule has 0 spiro atoms. The predicted molar refractivity (Wildman–Crippen MR) is 101 cm³/mol. The Morgan fingerprint density at radius 3 is 2.75 bits per heavy atom. The number of fused-ring (bicyclic) bond motifs is 1. The smallest absolute Gasteiger partial charge is 0.407 e. The molecule has 0 aliphatic carbocycles. The van der Waals surface area contributed by atoms with Gasteiger partial charge in [-0.2, -0.15) is 0 Å². The van der Waals surface area contributed by atoms with Gasteiger partial charge in [-0.1, -0.05) is 30.3 Å². The summed E-state index contributed by atoms with van der Waals surface area (Å²) < 4.78 is 14.9. The van der Waals surface area contributed by atoms with Gasteiger partial charge in [-0.05, 0) is 11.1 Å². The second kappa shape index (κ2) is 9.09. The van der Waals surface area contributed by atoms with Gasteiger partial charge in [0.05, 0.1) is 0 Å². The molecule has 2 aliphatic rings. The average Bonchev–Trinajstić information content (AvgIpc) is 2.73. The van der Waals surface area contributed by atoms with E-state index in [1.807, 2.05) is 30.3 Å². The standard InChI is InChI=1S/C18H21N3O6S/c1-25-10-27-17(23)14-12(9-28-16-13(19)15(22)21(14)16)7-20-18(24)26-8-11-5-3-2-4-6-11/h2-6,13,16H,7-10,19H2,1H3,(H,20,24)/t13?,16-/m1/s1. The van der Waals surface area contributed by atoms with Crippen LogP contribution in [0, 0.1) is 0 Å². The lowest BCUT2D eigenvalue weighted by molar-refractivity contribution is -0.157. The van der Waals surface area contributed by atoms with Crippen molar-refractivity contribution in [2.24, 2.45) is 5.73 Å². The Kier molecular flexibility index (Phi) is 6.55. The van der Waals surface area contributed by atoms with Crippen LogP contribution in [-0.4, -0.2) is 60.5 Å². The maximum Gasteiger partial charge on any atom is 0.407 e. The molecular weight excluding hydrogens is 386 g/mol. The van der Waals surface area contributed by atoms with Crippen molar-refractivity contribution in [2.75, 3.05) is 26.2 Å². The molecule has 3 rings (SSSR count). The Morgan fingerprint density at radius 2 is 2.04 bits per heavy atom. The second-order valence-corrected chi connectivity index (χ2v) is 7.25. The van der Waals surface area contributed by atoms with Crippen LogP contribution in [0.5, 0.6) is 0 Å². The molecule has 0 saturated carbocycles. The highest BCUT2D eigenvalue weighted by Crippen LogP contribution is 2.39. The third-order valence-electron chi connectivity index (χ3n) is 4.25. The average molecular weight is 407 g/mol. The monoisotopic (exact) mass is 407 g/mol. The summed E-state index contributed by atoms with van der Waals surface area (Å²) in [6.07, 6.45) is -0.625. The first-order valence-electron chi connectivity index (χ1n) is 8.55. The van der Waals surface area contributed by atoms with Crippen LogP contribution in [0.4, 0.5) is 4.79 Å². The number of alkyl carbamates (subject to hydrolysis) is 1. The van der Waals surface area contributed by atoms with Crippen LogP contribution in [0.1, 0.15) is 5.56 Å². The molecule has 0 aromatic heterocycles. The molecule has 1 aromatic carbocycles. The minimum atomic E-state index is -0.693. The van der Waals surface area contributed by atoms with Gasteiger partial charge in [0.1, 0.15) is 23.7 Å². The molecule has 150 valence electrons. The summed E-state index contributed by atoms with van der Waals surface area (Å²) in [6.45, 7) is -0.0669. The van der Waals surface area contributed by atoms with E-state index in [-0.39, 0.29) is 36.9 Å². The Labute approximate surface area is 166 Å². The number of hydrogen-bond acceptors (Lipinski definition) is 8. The van der Waals surface area contributed by atoms with Crippen molar-refractivity contribution in [1.29, 1.82) is 0 Å². The minimum absolute atomic E-state index is 0.0454. The number of rotatable bonds is 7. The molecule has 2 heterocycles. The van der Waals surface area contributed by atoms with Gasteiger partial charge in [-0.15, -0.1) is 11.8 Å². The van der Waals surface area contributed by atoms with Crippen molar-refractivity contribution < 1.29 is 28.6 Å². The summed E-state index contributed by atoms with van der Waals surface area (Å²) in [6, 6.07) is 8.61. The Hall–Kier alpha value is -2.56. The Morgan fingerprint density at radius 1 is 1.29 bits per heavy atom. The SMILES string of the molecule is COCOC(=O)C1=C(CNC(=O)OCc2ccccc2)CS[C@@H]2C(N)C(=O)N12. The number of amides is 2. The number of carbonyl (C=O) groups is 3. The molecule has 0 radical (unpaired) electrons. The molecule has 9 nitrogen and oxygen atoms in total. The molecule has 2 atom stereocenters. The number of nitrogens with zero attached hydrogens (tertiary/aromatic N) is 1. The zero-order chi connectivity index (χ0) is 20.1. The number of methoxy groups -OCH3 is 1. The van der Waals surface area contributed by atoms with Gasteiger partial charge >= 0.3 is 12.1 Å². The predicted octanol–water partition coefficient (Wildman–Crippen LogP) is 0.556. The van der Waals surface area contributed by atoms with Crippen LogP contribution in [0.15, 0.2) is 41.6 Å². The van der Waals surface area contributed by atoms with E-state index in [4.69, 9.17) is 19.9 Å². The number of benzene rings is 1. The zero-order valence-corrected chi connectivity index (χ0v) is 16.1. The summed E-state index contributed by atoms with van der Waals surface area (Å²) >= 11 is 1.43. The third kappa shape index (κ3) is 4.29. The summed E-state index contributed by atoms with van der Waals surface area (Å²) in [5.74, 6) is -0.619. The second-order valence-electron chi connectivity index (χ2n) is 6.14. The van der Waals surface area contributed by atoms with Crippen molar-refractivity contribution >= 4 is 29.7 Å². The van der Waals surface area contributed by atoms with E-state index in [1.165, 1.54) is 23.8 Å². The number of hydrogen-bond donors (Lipinski definition) is 2. The molecule has 3 N–H and O–H groups in total. The fourth-order valence-corrected chi connectivity index (χ4v) is 4.13. The number of nitrogens with one attached hydrogen (secondary N) is 1. The summed E-state index contributed by atoms with van der Waals surface area (Å²) in [4.78, 5) is 37.9. The third-order valence-corrected chi connectivity index (χ3v) is 5.61. The van der Waals surface area contributed by atoms with Gasteiger partial charge in [0, 0.05) is 19.4 Å². The number of thioether (sulfide) groups is 1. The molecule has 10 heteroatoms. The lowest BCUT2D eigenvalue weighted by Gasteiger charge is -2.48. The van der Waals surface area contributed by atoms with Gasteiger partial charge in [-0.25, -0.2) is 9.59 Å². The van der Waals surface area contributed by atoms with Crippen LogP contribution in [-0.2, 0) is 30.4 Å². The van der Waals surface area contributed by atoms with E-state index >= 15 is 0 Å². The van der Waals surface area contributed by atoms with E-state index < -0.39 is 18.1 Å². The Bertz CT molecular complexity index is 785. The van der Waals surface area contributed by atoms with E-state index in [0.29, 0.717) is 11.3 Å².